The Bertz CT molecular complexity index is 862. The summed E-state index contributed by atoms with van der Waals surface area (Å²) in [5, 5.41) is 9.66. The van der Waals surface area contributed by atoms with Gasteiger partial charge in [-0.3, -0.25) is 0 Å². The second kappa shape index (κ2) is 4.98. The zero-order valence-corrected chi connectivity index (χ0v) is 12.9. The fourth-order valence-corrected chi connectivity index (χ4v) is 2.69. The van der Waals surface area contributed by atoms with E-state index in [1.54, 1.807) is 13.8 Å². The number of aryl methyl sites for hydroxylation is 1. The topological polar surface area (TPSA) is 55.1 Å². The molecule has 1 heterocycles. The van der Waals surface area contributed by atoms with E-state index in [9.17, 15) is 9.90 Å². The van der Waals surface area contributed by atoms with Gasteiger partial charge >= 0.3 is 5.97 Å². The summed E-state index contributed by atoms with van der Waals surface area (Å²) in [7, 11) is 0. The minimum Gasteiger partial charge on any atom is -0.480 e. The molecule has 3 aromatic rings. The molecule has 112 valence electrons. The molecule has 0 aliphatic rings. The van der Waals surface area contributed by atoms with Gasteiger partial charge in [-0.2, -0.15) is 0 Å². The maximum atomic E-state index is 11.8. The Labute approximate surface area is 129 Å². The molecule has 2 aromatic carbocycles. The van der Waals surface area contributed by atoms with E-state index in [2.05, 4.69) is 0 Å². The van der Waals surface area contributed by atoms with Crippen LogP contribution in [0, 0.1) is 6.92 Å². The van der Waals surface area contributed by atoms with Gasteiger partial charge in [-0.05, 0) is 38.5 Å². The summed E-state index contributed by atoms with van der Waals surface area (Å²) < 4.78 is 1.81. The number of carboxylic acid groups (broad SMARTS) is 1. The Balaban J connectivity index is 2.41. The van der Waals surface area contributed by atoms with Crippen LogP contribution in [-0.4, -0.2) is 20.6 Å². The summed E-state index contributed by atoms with van der Waals surface area (Å²) in [5.74, 6) is -0.197. The third-order valence-electron chi connectivity index (χ3n) is 4.03. The molecule has 0 unspecified atom stereocenters. The van der Waals surface area contributed by atoms with Crippen LogP contribution >= 0.6 is 0 Å². The minimum absolute atomic E-state index is 0.687. The SMILES string of the molecule is Cc1ccccc1-c1nc2ccccc2n1C(C)(C)C(=O)O. The number of imidazole rings is 1. The summed E-state index contributed by atoms with van der Waals surface area (Å²) in [6.07, 6.45) is 0. The standard InChI is InChI=1S/C18H18N2O2/c1-12-8-4-5-9-13(12)16-19-14-10-6-7-11-15(14)20(16)18(2,3)17(21)22/h4-11H,1-3H3,(H,21,22). The molecule has 1 aromatic heterocycles. The fraction of sp³-hybridized carbons (Fsp3) is 0.222. The molecule has 0 bridgehead atoms. The van der Waals surface area contributed by atoms with Gasteiger partial charge < -0.3 is 9.67 Å². The molecule has 22 heavy (non-hydrogen) atoms. The number of hydrogen-bond acceptors (Lipinski definition) is 2. The number of rotatable bonds is 3. The molecule has 0 amide bonds. The lowest BCUT2D eigenvalue weighted by Crippen LogP contribution is -2.36. The summed E-state index contributed by atoms with van der Waals surface area (Å²) in [4.78, 5) is 16.5. The first-order valence-corrected chi connectivity index (χ1v) is 7.20. The Morgan fingerprint density at radius 1 is 1.09 bits per heavy atom. The van der Waals surface area contributed by atoms with Crippen LogP contribution < -0.4 is 0 Å². The van der Waals surface area contributed by atoms with E-state index in [0.717, 1.165) is 22.2 Å². The molecule has 1 N–H and O–H groups in total. The van der Waals surface area contributed by atoms with Gasteiger partial charge in [-0.1, -0.05) is 36.4 Å². The molecule has 0 saturated heterocycles. The summed E-state index contributed by atoms with van der Waals surface area (Å²) >= 11 is 0. The van der Waals surface area contributed by atoms with Crippen LogP contribution in [0.4, 0.5) is 0 Å². The van der Waals surface area contributed by atoms with E-state index in [0.29, 0.717) is 5.82 Å². The van der Waals surface area contributed by atoms with Crippen molar-refractivity contribution in [3.05, 3.63) is 54.1 Å². The quantitative estimate of drug-likeness (QED) is 0.798. The average Bonchev–Trinajstić information content (AvgIpc) is 2.87. The van der Waals surface area contributed by atoms with Crippen LogP contribution in [0.15, 0.2) is 48.5 Å². The van der Waals surface area contributed by atoms with Crippen molar-refractivity contribution in [1.82, 2.24) is 9.55 Å². The predicted octanol–water partition coefficient (Wildman–Crippen LogP) is 3.83. The lowest BCUT2D eigenvalue weighted by molar-refractivity contribution is -0.145. The Morgan fingerprint density at radius 3 is 2.41 bits per heavy atom. The monoisotopic (exact) mass is 294 g/mol. The van der Waals surface area contributed by atoms with Crippen molar-refractivity contribution in [3.8, 4) is 11.4 Å². The van der Waals surface area contributed by atoms with Crippen molar-refractivity contribution in [2.24, 2.45) is 0 Å². The second-order valence-corrected chi connectivity index (χ2v) is 5.94. The van der Waals surface area contributed by atoms with Crippen LogP contribution in [0.2, 0.25) is 0 Å². The van der Waals surface area contributed by atoms with Crippen LogP contribution in [-0.2, 0) is 10.3 Å². The minimum atomic E-state index is -1.09. The van der Waals surface area contributed by atoms with E-state index < -0.39 is 11.5 Å². The fourth-order valence-electron chi connectivity index (χ4n) is 2.69. The van der Waals surface area contributed by atoms with Gasteiger partial charge in [0.1, 0.15) is 11.4 Å². The van der Waals surface area contributed by atoms with E-state index >= 15 is 0 Å². The molecule has 0 atom stereocenters. The largest absolute Gasteiger partial charge is 0.480 e. The maximum absolute atomic E-state index is 11.8. The Hall–Kier alpha value is -2.62. The van der Waals surface area contributed by atoms with Gasteiger partial charge in [-0.15, -0.1) is 0 Å². The number of aliphatic carboxylic acids is 1. The van der Waals surface area contributed by atoms with Crippen molar-refractivity contribution in [3.63, 3.8) is 0 Å². The smallest absolute Gasteiger partial charge is 0.329 e. The Kier molecular flexibility index (Phi) is 3.24. The van der Waals surface area contributed by atoms with Gasteiger partial charge in [0, 0.05) is 5.56 Å². The average molecular weight is 294 g/mol. The first kappa shape index (κ1) is 14.3. The lowest BCUT2D eigenvalue weighted by Gasteiger charge is -2.25. The number of carboxylic acids is 1. The van der Waals surface area contributed by atoms with E-state index in [1.807, 2.05) is 60.0 Å². The number of hydrogen-bond donors (Lipinski definition) is 1. The number of carbonyl (C=O) groups is 1. The van der Waals surface area contributed by atoms with Crippen molar-refractivity contribution in [2.75, 3.05) is 0 Å². The molecule has 0 radical (unpaired) electrons. The van der Waals surface area contributed by atoms with Crippen LogP contribution in [0.5, 0.6) is 0 Å². The normalized spacial score (nSPS) is 11.8. The number of aromatic nitrogens is 2. The zero-order valence-electron chi connectivity index (χ0n) is 12.9. The van der Waals surface area contributed by atoms with Gasteiger partial charge in [0.2, 0.25) is 0 Å². The second-order valence-electron chi connectivity index (χ2n) is 5.94. The van der Waals surface area contributed by atoms with Gasteiger partial charge in [0.25, 0.3) is 0 Å². The summed E-state index contributed by atoms with van der Waals surface area (Å²) in [6.45, 7) is 5.41. The number of benzene rings is 2. The first-order chi connectivity index (χ1) is 10.4. The Morgan fingerprint density at radius 2 is 1.73 bits per heavy atom. The summed E-state index contributed by atoms with van der Waals surface area (Å²) in [5.41, 5.74) is 2.56. The predicted molar refractivity (Wildman–Crippen MR) is 86.9 cm³/mol. The third kappa shape index (κ3) is 2.08. The van der Waals surface area contributed by atoms with Gasteiger partial charge in [0.05, 0.1) is 11.0 Å². The molecule has 4 heteroatoms. The van der Waals surface area contributed by atoms with Gasteiger partial charge in [0.15, 0.2) is 0 Å². The van der Waals surface area contributed by atoms with E-state index in [-0.39, 0.29) is 0 Å². The number of fused-ring (bicyclic) bond motifs is 1. The van der Waals surface area contributed by atoms with Crippen LogP contribution in [0.25, 0.3) is 22.4 Å². The first-order valence-electron chi connectivity index (χ1n) is 7.20. The highest BCUT2D eigenvalue weighted by Gasteiger charge is 2.33. The highest BCUT2D eigenvalue weighted by atomic mass is 16.4. The molecular weight excluding hydrogens is 276 g/mol. The van der Waals surface area contributed by atoms with Crippen molar-refractivity contribution in [2.45, 2.75) is 26.3 Å². The highest BCUT2D eigenvalue weighted by Crippen LogP contribution is 2.32. The molecular formula is C18H18N2O2. The number of para-hydroxylation sites is 2. The summed E-state index contributed by atoms with van der Waals surface area (Å²) in [6, 6.07) is 15.5. The van der Waals surface area contributed by atoms with E-state index in [4.69, 9.17) is 4.98 Å². The van der Waals surface area contributed by atoms with Crippen LogP contribution in [0.1, 0.15) is 19.4 Å². The molecule has 0 fully saturated rings. The third-order valence-corrected chi connectivity index (χ3v) is 4.03. The lowest BCUT2D eigenvalue weighted by atomic mass is 10.0. The van der Waals surface area contributed by atoms with Crippen molar-refractivity contribution < 1.29 is 9.90 Å². The maximum Gasteiger partial charge on any atom is 0.329 e. The molecule has 4 nitrogen and oxygen atoms in total. The zero-order chi connectivity index (χ0) is 15.9. The van der Waals surface area contributed by atoms with Crippen LogP contribution in [0.3, 0.4) is 0 Å². The van der Waals surface area contributed by atoms with Crippen molar-refractivity contribution in [1.29, 1.82) is 0 Å². The van der Waals surface area contributed by atoms with Gasteiger partial charge in [-0.25, -0.2) is 9.78 Å². The van der Waals surface area contributed by atoms with Crippen molar-refractivity contribution >= 4 is 17.0 Å². The molecule has 0 spiro atoms. The molecule has 0 aliphatic carbocycles. The highest BCUT2D eigenvalue weighted by molar-refractivity contribution is 5.86. The number of nitrogens with zero attached hydrogens (tertiary/aromatic N) is 2. The van der Waals surface area contributed by atoms with E-state index in [1.165, 1.54) is 0 Å². The molecule has 3 rings (SSSR count). The molecule has 0 saturated carbocycles. The molecule has 0 aliphatic heterocycles.